The number of hydrogen-bond acceptors (Lipinski definition) is 6. The summed E-state index contributed by atoms with van der Waals surface area (Å²) in [6.45, 7) is 0. The first-order chi connectivity index (χ1) is 9.12. The van der Waals surface area contributed by atoms with Crippen molar-refractivity contribution in [3.63, 3.8) is 0 Å². The third-order valence-corrected chi connectivity index (χ3v) is 2.95. The molecule has 100 valence electrons. The molecule has 0 amide bonds. The molecule has 19 heavy (non-hydrogen) atoms. The molecule has 0 spiro atoms. The Morgan fingerprint density at radius 3 is 2.68 bits per heavy atom. The van der Waals surface area contributed by atoms with Gasteiger partial charge in [0.2, 0.25) is 11.8 Å². The highest BCUT2D eigenvalue weighted by Crippen LogP contribution is 2.32. The molecule has 0 saturated heterocycles. The van der Waals surface area contributed by atoms with E-state index >= 15 is 0 Å². The molecule has 0 aliphatic heterocycles. The number of nitrogens with one attached hydrogen (secondary N) is 1. The Hall–Kier alpha value is -2.02. The molecule has 0 unspecified atom stereocenters. The van der Waals surface area contributed by atoms with Gasteiger partial charge in [0.05, 0.1) is 11.6 Å². The predicted octanol–water partition coefficient (Wildman–Crippen LogP) is 2.66. The third kappa shape index (κ3) is 3.25. The van der Waals surface area contributed by atoms with Crippen LogP contribution in [0.25, 0.3) is 0 Å². The standard InChI is InChI=1S/C12H13BrN4O2/c1-15-10-6-11(17-12(14)16-10)19-9-4-3-7(18-2)5-8(9)13/h3-6H,1-2H3,(H3,14,15,16,17). The van der Waals surface area contributed by atoms with Crippen LogP contribution in [0.15, 0.2) is 28.7 Å². The highest BCUT2D eigenvalue weighted by Gasteiger charge is 2.07. The molecule has 0 aliphatic rings. The number of hydrogen-bond donors (Lipinski definition) is 2. The maximum absolute atomic E-state index is 5.66. The minimum atomic E-state index is 0.145. The molecule has 6 nitrogen and oxygen atoms in total. The van der Waals surface area contributed by atoms with Gasteiger partial charge >= 0.3 is 0 Å². The van der Waals surface area contributed by atoms with Crippen molar-refractivity contribution in [3.05, 3.63) is 28.7 Å². The number of aromatic nitrogens is 2. The number of ether oxygens (including phenoxy) is 2. The Kier molecular flexibility index (Phi) is 4.06. The monoisotopic (exact) mass is 324 g/mol. The Labute approximate surface area is 119 Å². The molecule has 2 rings (SSSR count). The summed E-state index contributed by atoms with van der Waals surface area (Å²) >= 11 is 3.40. The highest BCUT2D eigenvalue weighted by molar-refractivity contribution is 9.10. The summed E-state index contributed by atoms with van der Waals surface area (Å²) in [6.07, 6.45) is 0. The maximum Gasteiger partial charge on any atom is 0.226 e. The van der Waals surface area contributed by atoms with Crippen LogP contribution >= 0.6 is 15.9 Å². The SMILES string of the molecule is CNc1cc(Oc2ccc(OC)cc2Br)nc(N)n1. The van der Waals surface area contributed by atoms with Gasteiger partial charge in [0.15, 0.2) is 0 Å². The molecule has 1 aromatic carbocycles. The Balaban J connectivity index is 2.28. The van der Waals surface area contributed by atoms with E-state index in [0.29, 0.717) is 17.4 Å². The topological polar surface area (TPSA) is 82.3 Å². The summed E-state index contributed by atoms with van der Waals surface area (Å²) < 4.78 is 11.5. The van der Waals surface area contributed by atoms with Crippen LogP contribution in [-0.4, -0.2) is 24.1 Å². The van der Waals surface area contributed by atoms with Crippen molar-refractivity contribution in [2.24, 2.45) is 0 Å². The van der Waals surface area contributed by atoms with Crippen molar-refractivity contribution in [1.82, 2.24) is 9.97 Å². The lowest BCUT2D eigenvalue weighted by Gasteiger charge is -2.09. The van der Waals surface area contributed by atoms with Gasteiger partial charge in [-0.1, -0.05) is 0 Å². The largest absolute Gasteiger partial charge is 0.497 e. The predicted molar refractivity (Wildman–Crippen MR) is 76.8 cm³/mol. The van der Waals surface area contributed by atoms with Gasteiger partial charge in [-0.2, -0.15) is 9.97 Å². The Morgan fingerprint density at radius 2 is 2.05 bits per heavy atom. The van der Waals surface area contributed by atoms with Crippen LogP contribution in [-0.2, 0) is 0 Å². The first-order valence-electron chi connectivity index (χ1n) is 5.46. The van der Waals surface area contributed by atoms with Crippen molar-refractivity contribution in [2.75, 3.05) is 25.2 Å². The lowest BCUT2D eigenvalue weighted by atomic mass is 10.3. The van der Waals surface area contributed by atoms with Crippen molar-refractivity contribution in [3.8, 4) is 17.4 Å². The number of nitrogen functional groups attached to an aromatic ring is 1. The number of halogens is 1. The van der Waals surface area contributed by atoms with E-state index in [-0.39, 0.29) is 5.95 Å². The van der Waals surface area contributed by atoms with Crippen molar-refractivity contribution >= 4 is 27.7 Å². The molecule has 0 saturated carbocycles. The summed E-state index contributed by atoms with van der Waals surface area (Å²) in [5, 5.41) is 2.88. The van der Waals surface area contributed by atoms with Gasteiger partial charge in [-0.25, -0.2) is 0 Å². The summed E-state index contributed by atoms with van der Waals surface area (Å²) in [5.74, 6) is 2.44. The van der Waals surface area contributed by atoms with Crippen LogP contribution in [0.2, 0.25) is 0 Å². The number of anilines is 2. The third-order valence-electron chi connectivity index (χ3n) is 2.33. The molecule has 0 atom stereocenters. The quantitative estimate of drug-likeness (QED) is 0.899. The van der Waals surface area contributed by atoms with E-state index in [9.17, 15) is 0 Å². The molecule has 1 heterocycles. The van der Waals surface area contributed by atoms with Crippen molar-refractivity contribution in [2.45, 2.75) is 0 Å². The first kappa shape index (κ1) is 13.4. The molecular formula is C12H13BrN4O2. The summed E-state index contributed by atoms with van der Waals surface area (Å²) in [5.41, 5.74) is 5.60. The van der Waals surface area contributed by atoms with Gasteiger partial charge in [-0.05, 0) is 34.1 Å². The highest BCUT2D eigenvalue weighted by atomic mass is 79.9. The molecule has 0 aliphatic carbocycles. The summed E-state index contributed by atoms with van der Waals surface area (Å²) in [7, 11) is 3.35. The van der Waals surface area contributed by atoms with Gasteiger partial charge in [-0.3, -0.25) is 0 Å². The number of nitrogens with two attached hydrogens (primary N) is 1. The molecule has 0 bridgehead atoms. The lowest BCUT2D eigenvalue weighted by Crippen LogP contribution is -2.01. The van der Waals surface area contributed by atoms with Gasteiger partial charge in [-0.15, -0.1) is 0 Å². The number of methoxy groups -OCH3 is 1. The molecule has 1 aromatic heterocycles. The second-order valence-corrected chi connectivity index (χ2v) is 4.45. The van der Waals surface area contributed by atoms with Gasteiger partial charge in [0, 0.05) is 13.1 Å². The van der Waals surface area contributed by atoms with E-state index < -0.39 is 0 Å². The fourth-order valence-corrected chi connectivity index (χ4v) is 1.87. The van der Waals surface area contributed by atoms with E-state index in [4.69, 9.17) is 15.2 Å². The zero-order valence-corrected chi connectivity index (χ0v) is 12.1. The minimum absolute atomic E-state index is 0.145. The molecule has 2 aromatic rings. The second kappa shape index (κ2) is 5.75. The summed E-state index contributed by atoms with van der Waals surface area (Å²) in [6, 6.07) is 7.04. The normalized spacial score (nSPS) is 10.1. The van der Waals surface area contributed by atoms with Gasteiger partial charge in [0.1, 0.15) is 17.3 Å². The van der Waals surface area contributed by atoms with Crippen molar-refractivity contribution in [1.29, 1.82) is 0 Å². The van der Waals surface area contributed by atoms with E-state index in [0.717, 1.165) is 10.2 Å². The fourth-order valence-electron chi connectivity index (χ4n) is 1.43. The average Bonchev–Trinajstić information content (AvgIpc) is 2.40. The van der Waals surface area contributed by atoms with Gasteiger partial charge in [0.25, 0.3) is 0 Å². The zero-order chi connectivity index (χ0) is 13.8. The van der Waals surface area contributed by atoms with Crippen LogP contribution < -0.4 is 20.5 Å². The van der Waals surface area contributed by atoms with Crippen LogP contribution in [0.1, 0.15) is 0 Å². The molecular weight excluding hydrogens is 312 g/mol. The van der Waals surface area contributed by atoms with Crippen LogP contribution in [0.5, 0.6) is 17.4 Å². The molecule has 3 N–H and O–H groups in total. The van der Waals surface area contributed by atoms with E-state index in [2.05, 4.69) is 31.2 Å². The van der Waals surface area contributed by atoms with Gasteiger partial charge < -0.3 is 20.5 Å². The second-order valence-electron chi connectivity index (χ2n) is 3.60. The molecule has 7 heteroatoms. The van der Waals surface area contributed by atoms with Crippen molar-refractivity contribution < 1.29 is 9.47 Å². The average molecular weight is 325 g/mol. The smallest absolute Gasteiger partial charge is 0.226 e. The fraction of sp³-hybridized carbons (Fsp3) is 0.167. The van der Waals surface area contributed by atoms with Crippen LogP contribution in [0.3, 0.4) is 0 Å². The first-order valence-corrected chi connectivity index (χ1v) is 6.25. The zero-order valence-electron chi connectivity index (χ0n) is 10.5. The molecule has 0 fully saturated rings. The van der Waals surface area contributed by atoms with Crippen LogP contribution in [0.4, 0.5) is 11.8 Å². The Morgan fingerprint density at radius 1 is 1.26 bits per heavy atom. The minimum Gasteiger partial charge on any atom is -0.497 e. The number of nitrogens with zero attached hydrogens (tertiary/aromatic N) is 2. The van der Waals surface area contributed by atoms with E-state index in [1.807, 2.05) is 0 Å². The van der Waals surface area contributed by atoms with E-state index in [1.165, 1.54) is 0 Å². The molecule has 0 radical (unpaired) electrons. The lowest BCUT2D eigenvalue weighted by molar-refractivity contribution is 0.411. The number of benzene rings is 1. The van der Waals surface area contributed by atoms with E-state index in [1.54, 1.807) is 38.4 Å². The summed E-state index contributed by atoms with van der Waals surface area (Å²) in [4.78, 5) is 8.00. The maximum atomic E-state index is 5.66. The Bertz CT molecular complexity index is 592. The number of rotatable bonds is 4. The van der Waals surface area contributed by atoms with Crippen LogP contribution in [0, 0.1) is 0 Å².